The highest BCUT2D eigenvalue weighted by atomic mass is 32.1. The van der Waals surface area contributed by atoms with Crippen LogP contribution in [0, 0.1) is 0 Å². The largest absolute Gasteiger partial charge is 0.489 e. The zero-order valence-corrected chi connectivity index (χ0v) is 14.9. The van der Waals surface area contributed by atoms with Crippen molar-refractivity contribution in [3.63, 3.8) is 0 Å². The Morgan fingerprint density at radius 1 is 1.27 bits per heavy atom. The van der Waals surface area contributed by atoms with Crippen LogP contribution >= 0.6 is 11.3 Å². The lowest BCUT2D eigenvalue weighted by Gasteiger charge is -2.15. The van der Waals surface area contributed by atoms with Gasteiger partial charge in [-0.05, 0) is 44.2 Å². The van der Waals surface area contributed by atoms with E-state index in [9.17, 15) is 4.79 Å². The van der Waals surface area contributed by atoms with Crippen LogP contribution in [0.1, 0.15) is 24.2 Å². The molecule has 0 atom stereocenters. The molecule has 0 bridgehead atoms. The van der Waals surface area contributed by atoms with E-state index >= 15 is 0 Å². The summed E-state index contributed by atoms with van der Waals surface area (Å²) in [6.45, 7) is 3.87. The van der Waals surface area contributed by atoms with Crippen LogP contribution in [0.5, 0.6) is 5.75 Å². The molecule has 0 spiro atoms. The second kappa shape index (κ2) is 6.26. The number of nitrogens with two attached hydrogens (primary N) is 1. The number of aromatic nitrogens is 4. The average Bonchev–Trinajstić information content (AvgIpc) is 3.21. The van der Waals surface area contributed by atoms with E-state index in [-0.39, 0.29) is 6.10 Å². The second-order valence-electron chi connectivity index (χ2n) is 6.01. The van der Waals surface area contributed by atoms with Gasteiger partial charge in [0.25, 0.3) is 0 Å². The standard InChI is InChI=1S/C17H16N6O2S/c1-8(2)25-12-5-3-9(16(18)24)7-11(12)19-17-20-15-13(26-17)6-4-10-14(15)22-23-21-10/h3-8H,1-2H3,(H2,18,24)(H,19,20)(H,21,22,23). The maximum absolute atomic E-state index is 11.5. The average molecular weight is 368 g/mol. The predicted octanol–water partition coefficient (Wildman–Crippen LogP) is 3.20. The molecule has 4 N–H and O–H groups in total. The third kappa shape index (κ3) is 2.93. The van der Waals surface area contributed by atoms with E-state index in [1.807, 2.05) is 26.0 Å². The van der Waals surface area contributed by atoms with Crippen LogP contribution in [0.25, 0.3) is 21.3 Å². The van der Waals surface area contributed by atoms with Crippen molar-refractivity contribution in [1.82, 2.24) is 20.4 Å². The smallest absolute Gasteiger partial charge is 0.248 e. The molecule has 0 unspecified atom stereocenters. The van der Waals surface area contributed by atoms with Crippen molar-refractivity contribution in [2.45, 2.75) is 20.0 Å². The van der Waals surface area contributed by atoms with Crippen LogP contribution in [-0.4, -0.2) is 32.4 Å². The van der Waals surface area contributed by atoms with Gasteiger partial charge in [-0.1, -0.05) is 16.6 Å². The zero-order valence-electron chi connectivity index (χ0n) is 14.1. The van der Waals surface area contributed by atoms with Crippen molar-refractivity contribution in [1.29, 1.82) is 0 Å². The van der Waals surface area contributed by atoms with Crippen LogP contribution < -0.4 is 15.8 Å². The number of H-pyrrole nitrogens is 1. The molecular weight excluding hydrogens is 352 g/mol. The van der Waals surface area contributed by atoms with Crippen molar-refractivity contribution < 1.29 is 9.53 Å². The number of amides is 1. The van der Waals surface area contributed by atoms with Crippen LogP contribution in [0.15, 0.2) is 30.3 Å². The molecule has 0 saturated carbocycles. The summed E-state index contributed by atoms with van der Waals surface area (Å²) >= 11 is 1.48. The first-order valence-corrected chi connectivity index (χ1v) is 8.81. The Morgan fingerprint density at radius 3 is 2.88 bits per heavy atom. The van der Waals surface area contributed by atoms with E-state index in [4.69, 9.17) is 10.5 Å². The summed E-state index contributed by atoms with van der Waals surface area (Å²) in [7, 11) is 0. The lowest BCUT2D eigenvalue weighted by atomic mass is 10.1. The highest BCUT2D eigenvalue weighted by Gasteiger charge is 2.14. The third-order valence-electron chi connectivity index (χ3n) is 3.72. The maximum atomic E-state index is 11.5. The fourth-order valence-electron chi connectivity index (χ4n) is 2.61. The number of aromatic amines is 1. The highest BCUT2D eigenvalue weighted by molar-refractivity contribution is 7.22. The molecule has 2 aromatic heterocycles. The summed E-state index contributed by atoms with van der Waals surface area (Å²) in [5.41, 5.74) is 8.73. The first-order valence-electron chi connectivity index (χ1n) is 7.99. The SMILES string of the molecule is CC(C)Oc1ccc(C(N)=O)cc1Nc1nc2c(ccc3[nH]nnc32)s1. The quantitative estimate of drug-likeness (QED) is 0.498. The highest BCUT2D eigenvalue weighted by Crippen LogP contribution is 2.35. The molecule has 0 aliphatic carbocycles. The monoisotopic (exact) mass is 368 g/mol. The third-order valence-corrected chi connectivity index (χ3v) is 4.66. The molecule has 0 aliphatic heterocycles. The first-order chi connectivity index (χ1) is 12.5. The summed E-state index contributed by atoms with van der Waals surface area (Å²) in [6, 6.07) is 8.91. The number of thiazole rings is 1. The van der Waals surface area contributed by atoms with Gasteiger partial charge in [0.05, 0.1) is 22.0 Å². The molecule has 8 nitrogen and oxygen atoms in total. The number of nitrogens with one attached hydrogen (secondary N) is 2. The Bertz CT molecular complexity index is 1120. The lowest BCUT2D eigenvalue weighted by Crippen LogP contribution is -2.12. The van der Waals surface area contributed by atoms with Crippen molar-refractivity contribution in [3.8, 4) is 5.75 Å². The van der Waals surface area contributed by atoms with E-state index in [0.29, 0.717) is 22.1 Å². The van der Waals surface area contributed by atoms with Crippen LogP contribution in [0.2, 0.25) is 0 Å². The maximum Gasteiger partial charge on any atom is 0.248 e. The minimum absolute atomic E-state index is 0.0138. The summed E-state index contributed by atoms with van der Waals surface area (Å²) < 4.78 is 6.80. The lowest BCUT2D eigenvalue weighted by molar-refractivity contribution is 0.100. The van der Waals surface area contributed by atoms with Gasteiger partial charge in [-0.15, -0.1) is 5.10 Å². The van der Waals surface area contributed by atoms with Gasteiger partial charge in [0.1, 0.15) is 16.8 Å². The van der Waals surface area contributed by atoms with Gasteiger partial charge in [0.15, 0.2) is 5.13 Å². The second-order valence-corrected chi connectivity index (χ2v) is 7.04. The summed E-state index contributed by atoms with van der Waals surface area (Å²) in [5.74, 6) is 0.119. The van der Waals surface area contributed by atoms with Crippen molar-refractivity contribution >= 4 is 49.3 Å². The number of benzene rings is 2. The van der Waals surface area contributed by atoms with Gasteiger partial charge in [0, 0.05) is 5.56 Å². The van der Waals surface area contributed by atoms with Gasteiger partial charge in [0.2, 0.25) is 5.91 Å². The predicted molar refractivity (Wildman–Crippen MR) is 101 cm³/mol. The number of fused-ring (bicyclic) bond motifs is 3. The summed E-state index contributed by atoms with van der Waals surface area (Å²) in [6.07, 6.45) is -0.0138. The van der Waals surface area contributed by atoms with E-state index in [1.54, 1.807) is 18.2 Å². The normalized spacial score (nSPS) is 11.3. The summed E-state index contributed by atoms with van der Waals surface area (Å²) in [4.78, 5) is 16.1. The minimum atomic E-state index is -0.502. The molecule has 2 aromatic carbocycles. The number of hydrogen-bond donors (Lipinski definition) is 3. The van der Waals surface area contributed by atoms with E-state index in [1.165, 1.54) is 11.3 Å². The fraction of sp³-hybridized carbons (Fsp3) is 0.176. The van der Waals surface area contributed by atoms with Crippen molar-refractivity contribution in [2.24, 2.45) is 5.73 Å². The molecule has 9 heteroatoms. The molecule has 1 amide bonds. The number of carbonyl (C=O) groups is 1. The Labute approximate surface area is 152 Å². The Morgan fingerprint density at radius 2 is 2.12 bits per heavy atom. The molecule has 132 valence electrons. The Balaban J connectivity index is 1.76. The Kier molecular flexibility index (Phi) is 3.92. The number of nitrogens with zero attached hydrogens (tertiary/aromatic N) is 3. The van der Waals surface area contributed by atoms with Crippen LogP contribution in [-0.2, 0) is 0 Å². The molecule has 4 rings (SSSR count). The van der Waals surface area contributed by atoms with Gasteiger partial charge < -0.3 is 15.8 Å². The molecule has 26 heavy (non-hydrogen) atoms. The molecular formula is C17H16N6O2S. The molecule has 0 aliphatic rings. The van der Waals surface area contributed by atoms with Gasteiger partial charge in [-0.3, -0.25) is 9.89 Å². The Hall–Kier alpha value is -3.20. The number of primary amides is 1. The van der Waals surface area contributed by atoms with Crippen molar-refractivity contribution in [2.75, 3.05) is 5.32 Å². The van der Waals surface area contributed by atoms with Crippen molar-refractivity contribution in [3.05, 3.63) is 35.9 Å². The number of ether oxygens (including phenoxy) is 1. The topological polar surface area (TPSA) is 119 Å². The van der Waals surface area contributed by atoms with Crippen LogP contribution in [0.3, 0.4) is 0 Å². The zero-order chi connectivity index (χ0) is 18.3. The van der Waals surface area contributed by atoms with E-state index < -0.39 is 5.91 Å². The first kappa shape index (κ1) is 16.3. The molecule has 2 heterocycles. The van der Waals surface area contributed by atoms with Crippen LogP contribution in [0.4, 0.5) is 10.8 Å². The van der Waals surface area contributed by atoms with E-state index in [2.05, 4.69) is 25.7 Å². The molecule has 4 aromatic rings. The molecule has 0 radical (unpaired) electrons. The molecule has 0 saturated heterocycles. The fourth-order valence-corrected chi connectivity index (χ4v) is 3.49. The van der Waals surface area contributed by atoms with Gasteiger partial charge in [-0.25, -0.2) is 4.98 Å². The number of hydrogen-bond acceptors (Lipinski definition) is 7. The number of anilines is 2. The number of carbonyl (C=O) groups excluding carboxylic acids is 1. The minimum Gasteiger partial charge on any atom is -0.489 e. The number of rotatable bonds is 5. The summed E-state index contributed by atoms with van der Waals surface area (Å²) in [5, 5.41) is 14.6. The van der Waals surface area contributed by atoms with E-state index in [0.717, 1.165) is 21.3 Å². The molecule has 0 fully saturated rings. The van der Waals surface area contributed by atoms with Gasteiger partial charge in [-0.2, -0.15) is 0 Å². The van der Waals surface area contributed by atoms with Gasteiger partial charge >= 0.3 is 0 Å².